The lowest BCUT2D eigenvalue weighted by Gasteiger charge is -2.31. The van der Waals surface area contributed by atoms with Crippen LogP contribution in [0.2, 0.25) is 25.3 Å². The molecule has 0 aliphatic carbocycles. The Labute approximate surface area is 98.2 Å². The van der Waals surface area contributed by atoms with Crippen LogP contribution in [0.3, 0.4) is 0 Å². The van der Waals surface area contributed by atoms with Crippen molar-refractivity contribution in [3.8, 4) is 0 Å². The fourth-order valence-electron chi connectivity index (χ4n) is 2.02. The van der Waals surface area contributed by atoms with Gasteiger partial charge in [-0.25, -0.2) is 0 Å². The summed E-state index contributed by atoms with van der Waals surface area (Å²) >= 11 is 0. The first-order valence-corrected chi connectivity index (χ1v) is 11.4. The maximum atomic E-state index is 6.05. The molecule has 0 fully saturated rings. The Bertz CT molecular complexity index is 186. The molecular weight excluding hydrogens is 220 g/mol. The molecule has 0 bridgehead atoms. The second kappa shape index (κ2) is 5.61. The molecule has 0 heterocycles. The van der Waals surface area contributed by atoms with Crippen LogP contribution in [-0.2, 0) is 8.85 Å². The first-order valence-electron chi connectivity index (χ1n) is 5.87. The van der Waals surface area contributed by atoms with Crippen molar-refractivity contribution in [2.24, 2.45) is 0 Å². The third-order valence-electron chi connectivity index (χ3n) is 1.89. The minimum Gasteiger partial charge on any atom is -0.416 e. The standard InChI is InChI=1S/C11H28O2Si2/c1-10(2)12-15(7,8)9-14(6)13-11(3,4)5/h10,14H,9H2,1-8H3. The van der Waals surface area contributed by atoms with E-state index in [0.717, 1.165) is 0 Å². The normalized spacial score (nSPS) is 15.8. The molecule has 0 aliphatic heterocycles. The second-order valence-electron chi connectivity index (χ2n) is 6.17. The van der Waals surface area contributed by atoms with E-state index in [1.807, 2.05) is 0 Å². The van der Waals surface area contributed by atoms with Crippen LogP contribution < -0.4 is 0 Å². The third kappa shape index (κ3) is 9.29. The van der Waals surface area contributed by atoms with E-state index in [1.54, 1.807) is 0 Å². The van der Waals surface area contributed by atoms with Crippen molar-refractivity contribution in [1.82, 2.24) is 0 Å². The van der Waals surface area contributed by atoms with Gasteiger partial charge in [0.1, 0.15) is 0 Å². The summed E-state index contributed by atoms with van der Waals surface area (Å²) in [6.45, 7) is 17.5. The zero-order valence-electron chi connectivity index (χ0n) is 11.7. The molecular formula is C11H28O2Si2. The van der Waals surface area contributed by atoms with Gasteiger partial charge in [0, 0.05) is 11.7 Å². The van der Waals surface area contributed by atoms with Gasteiger partial charge in [-0.15, -0.1) is 0 Å². The van der Waals surface area contributed by atoms with Gasteiger partial charge < -0.3 is 8.85 Å². The molecule has 0 saturated carbocycles. The summed E-state index contributed by atoms with van der Waals surface area (Å²) in [4.78, 5) is 0. The highest BCUT2D eigenvalue weighted by atomic mass is 28.4. The Kier molecular flexibility index (Phi) is 5.75. The minimum atomic E-state index is -1.49. The number of hydrogen-bond acceptors (Lipinski definition) is 2. The van der Waals surface area contributed by atoms with Crippen molar-refractivity contribution >= 4 is 17.4 Å². The summed E-state index contributed by atoms with van der Waals surface area (Å²) in [6, 6.07) is 0. The molecule has 0 amide bonds. The van der Waals surface area contributed by atoms with Crippen molar-refractivity contribution in [3.63, 3.8) is 0 Å². The van der Waals surface area contributed by atoms with E-state index in [0.29, 0.717) is 6.10 Å². The van der Waals surface area contributed by atoms with Gasteiger partial charge in [0.25, 0.3) is 0 Å². The van der Waals surface area contributed by atoms with Gasteiger partial charge in [0.15, 0.2) is 17.4 Å². The van der Waals surface area contributed by atoms with Gasteiger partial charge in [0.05, 0.1) is 0 Å². The van der Waals surface area contributed by atoms with E-state index >= 15 is 0 Å². The van der Waals surface area contributed by atoms with Crippen LogP contribution in [0.4, 0.5) is 0 Å². The van der Waals surface area contributed by atoms with Crippen LogP contribution in [0.5, 0.6) is 0 Å². The van der Waals surface area contributed by atoms with Crippen LogP contribution in [-0.4, -0.2) is 29.1 Å². The van der Waals surface area contributed by atoms with Gasteiger partial charge >= 0.3 is 0 Å². The Morgan fingerprint density at radius 2 is 1.67 bits per heavy atom. The molecule has 1 unspecified atom stereocenters. The molecule has 0 aromatic rings. The Balaban J connectivity index is 4.10. The zero-order chi connectivity index (χ0) is 12.3. The molecule has 92 valence electrons. The predicted molar refractivity (Wildman–Crippen MR) is 72.4 cm³/mol. The van der Waals surface area contributed by atoms with E-state index in [4.69, 9.17) is 8.85 Å². The van der Waals surface area contributed by atoms with Crippen LogP contribution in [0, 0.1) is 0 Å². The summed E-state index contributed by atoms with van der Waals surface area (Å²) in [7, 11) is -2.57. The predicted octanol–water partition coefficient (Wildman–Crippen LogP) is 3.32. The van der Waals surface area contributed by atoms with E-state index in [1.165, 1.54) is 5.67 Å². The van der Waals surface area contributed by atoms with Crippen molar-refractivity contribution in [3.05, 3.63) is 0 Å². The van der Waals surface area contributed by atoms with E-state index in [-0.39, 0.29) is 5.60 Å². The quantitative estimate of drug-likeness (QED) is 0.695. The molecule has 0 saturated heterocycles. The summed E-state index contributed by atoms with van der Waals surface area (Å²) in [6.07, 6.45) is 0.350. The average Bonchev–Trinajstić information content (AvgIpc) is 1.73. The maximum absolute atomic E-state index is 6.05. The molecule has 0 aliphatic rings. The van der Waals surface area contributed by atoms with Crippen LogP contribution in [0.15, 0.2) is 0 Å². The molecule has 0 spiro atoms. The Morgan fingerprint density at radius 1 is 1.20 bits per heavy atom. The van der Waals surface area contributed by atoms with Crippen molar-refractivity contribution < 1.29 is 8.85 Å². The molecule has 0 N–H and O–H groups in total. The average molecular weight is 249 g/mol. The fraction of sp³-hybridized carbons (Fsp3) is 1.00. The monoisotopic (exact) mass is 248 g/mol. The van der Waals surface area contributed by atoms with Crippen molar-refractivity contribution in [2.75, 3.05) is 0 Å². The third-order valence-corrected chi connectivity index (χ3v) is 10.3. The molecule has 0 aromatic heterocycles. The van der Waals surface area contributed by atoms with Gasteiger partial charge in [0.2, 0.25) is 0 Å². The second-order valence-corrected chi connectivity index (χ2v) is 13.4. The highest BCUT2D eigenvalue weighted by molar-refractivity contribution is 6.82. The van der Waals surface area contributed by atoms with Gasteiger partial charge in [-0.1, -0.05) is 0 Å². The molecule has 0 aromatic carbocycles. The van der Waals surface area contributed by atoms with Gasteiger partial charge in [-0.05, 0) is 59.9 Å². The van der Waals surface area contributed by atoms with Crippen LogP contribution in [0.25, 0.3) is 0 Å². The molecule has 2 nitrogen and oxygen atoms in total. The first-order chi connectivity index (χ1) is 6.52. The summed E-state index contributed by atoms with van der Waals surface area (Å²) in [5.74, 6) is 0. The fourth-order valence-corrected chi connectivity index (χ4v) is 10.8. The highest BCUT2D eigenvalue weighted by Gasteiger charge is 2.29. The smallest absolute Gasteiger partial charge is 0.186 e. The van der Waals surface area contributed by atoms with Crippen molar-refractivity contribution in [1.29, 1.82) is 0 Å². The van der Waals surface area contributed by atoms with Crippen LogP contribution >= 0.6 is 0 Å². The van der Waals surface area contributed by atoms with Crippen LogP contribution in [0.1, 0.15) is 34.6 Å². The Hall–Kier alpha value is 0.354. The lowest BCUT2D eigenvalue weighted by atomic mass is 10.2. The van der Waals surface area contributed by atoms with E-state index in [9.17, 15) is 0 Å². The van der Waals surface area contributed by atoms with E-state index < -0.39 is 17.4 Å². The first kappa shape index (κ1) is 15.4. The SMILES string of the molecule is CC(C)O[Si](C)(C)C[SiH](C)OC(C)(C)C. The maximum Gasteiger partial charge on any atom is 0.186 e. The zero-order valence-corrected chi connectivity index (χ0v) is 13.8. The lowest BCUT2D eigenvalue weighted by molar-refractivity contribution is 0.130. The lowest BCUT2D eigenvalue weighted by Crippen LogP contribution is -2.41. The number of hydrogen-bond donors (Lipinski definition) is 0. The number of rotatable bonds is 5. The summed E-state index contributed by atoms with van der Waals surface area (Å²) < 4.78 is 12.1. The highest BCUT2D eigenvalue weighted by Crippen LogP contribution is 2.19. The largest absolute Gasteiger partial charge is 0.416 e. The van der Waals surface area contributed by atoms with Gasteiger partial charge in [-0.3, -0.25) is 0 Å². The topological polar surface area (TPSA) is 18.5 Å². The summed E-state index contributed by atoms with van der Waals surface area (Å²) in [5, 5.41) is 0. The molecule has 4 heteroatoms. The molecule has 1 atom stereocenters. The van der Waals surface area contributed by atoms with Crippen molar-refractivity contribution in [2.45, 2.75) is 71.6 Å². The molecule has 0 radical (unpaired) electrons. The molecule has 15 heavy (non-hydrogen) atoms. The molecule has 0 rings (SSSR count). The van der Waals surface area contributed by atoms with Gasteiger partial charge in [-0.2, -0.15) is 0 Å². The summed E-state index contributed by atoms with van der Waals surface area (Å²) in [5.41, 5.74) is 1.20. The Morgan fingerprint density at radius 3 is 2.00 bits per heavy atom. The minimum absolute atomic E-state index is 0.00789. The van der Waals surface area contributed by atoms with E-state index in [2.05, 4.69) is 54.3 Å².